The SMILES string of the molecule is Cc1cc(C)c(C(=O)CSc2ncc[nH]2)cc1C. The van der Waals surface area contributed by atoms with E-state index >= 15 is 0 Å². The lowest BCUT2D eigenvalue weighted by Crippen LogP contribution is -2.06. The first-order chi connectivity index (χ1) is 8.58. The number of rotatable bonds is 4. The molecule has 0 saturated heterocycles. The highest BCUT2D eigenvalue weighted by molar-refractivity contribution is 7.99. The molecular formula is C14H16N2OS. The van der Waals surface area contributed by atoms with Gasteiger partial charge in [0, 0.05) is 18.0 Å². The molecule has 0 saturated carbocycles. The minimum Gasteiger partial charge on any atom is -0.340 e. The number of H-pyrrole nitrogens is 1. The monoisotopic (exact) mass is 260 g/mol. The minimum absolute atomic E-state index is 0.150. The van der Waals surface area contributed by atoms with Crippen molar-refractivity contribution < 1.29 is 4.79 Å². The summed E-state index contributed by atoms with van der Waals surface area (Å²) in [6.07, 6.45) is 3.45. The topological polar surface area (TPSA) is 45.8 Å². The Hall–Kier alpha value is -1.55. The van der Waals surface area contributed by atoms with Crippen LogP contribution in [0.15, 0.2) is 29.7 Å². The van der Waals surface area contributed by atoms with E-state index < -0.39 is 0 Å². The smallest absolute Gasteiger partial charge is 0.173 e. The summed E-state index contributed by atoms with van der Waals surface area (Å²) in [5.41, 5.74) is 4.25. The van der Waals surface area contributed by atoms with E-state index in [4.69, 9.17) is 0 Å². The average molecular weight is 260 g/mol. The molecule has 1 N–H and O–H groups in total. The van der Waals surface area contributed by atoms with E-state index in [-0.39, 0.29) is 5.78 Å². The van der Waals surface area contributed by atoms with Crippen molar-refractivity contribution in [3.63, 3.8) is 0 Å². The lowest BCUT2D eigenvalue weighted by atomic mass is 9.99. The van der Waals surface area contributed by atoms with Gasteiger partial charge in [0.05, 0.1) is 5.75 Å². The molecule has 0 amide bonds. The van der Waals surface area contributed by atoms with Gasteiger partial charge in [0.1, 0.15) is 0 Å². The lowest BCUT2D eigenvalue weighted by Gasteiger charge is -2.08. The summed E-state index contributed by atoms with van der Waals surface area (Å²) in [6, 6.07) is 4.05. The number of aryl methyl sites for hydroxylation is 3. The van der Waals surface area contributed by atoms with Gasteiger partial charge in [-0.05, 0) is 43.5 Å². The summed E-state index contributed by atoms with van der Waals surface area (Å²) in [6.45, 7) is 6.08. The molecule has 0 aliphatic heterocycles. The number of aromatic nitrogens is 2. The van der Waals surface area contributed by atoms with Crippen LogP contribution in [0.25, 0.3) is 0 Å². The first-order valence-electron chi connectivity index (χ1n) is 5.81. The van der Waals surface area contributed by atoms with Crippen LogP contribution < -0.4 is 0 Å². The molecule has 4 heteroatoms. The van der Waals surface area contributed by atoms with Gasteiger partial charge in [-0.1, -0.05) is 17.8 Å². The van der Waals surface area contributed by atoms with Gasteiger partial charge in [-0.2, -0.15) is 0 Å². The molecule has 0 atom stereocenters. The molecule has 2 rings (SSSR count). The summed E-state index contributed by atoms with van der Waals surface area (Å²) in [4.78, 5) is 19.2. The van der Waals surface area contributed by atoms with Crippen LogP contribution in [0.2, 0.25) is 0 Å². The van der Waals surface area contributed by atoms with Crippen molar-refractivity contribution in [3.05, 3.63) is 46.8 Å². The number of imidazole rings is 1. The van der Waals surface area contributed by atoms with E-state index in [9.17, 15) is 4.79 Å². The standard InChI is InChI=1S/C14H16N2OS/c1-9-6-11(3)12(7-10(9)2)13(17)8-18-14-15-4-5-16-14/h4-7H,8H2,1-3H3,(H,15,16). The normalized spacial score (nSPS) is 10.6. The van der Waals surface area contributed by atoms with E-state index in [1.165, 1.54) is 17.3 Å². The van der Waals surface area contributed by atoms with Gasteiger partial charge in [-0.25, -0.2) is 4.98 Å². The van der Waals surface area contributed by atoms with Crippen molar-refractivity contribution in [2.45, 2.75) is 25.9 Å². The Morgan fingerprint density at radius 3 is 2.61 bits per heavy atom. The number of Topliss-reactive ketones (excluding diaryl/α,β-unsaturated/α-hetero) is 1. The number of nitrogens with one attached hydrogen (secondary N) is 1. The van der Waals surface area contributed by atoms with Gasteiger partial charge in [0.15, 0.2) is 10.9 Å². The molecule has 3 nitrogen and oxygen atoms in total. The number of aromatic amines is 1. The summed E-state index contributed by atoms with van der Waals surface area (Å²) in [7, 11) is 0. The van der Waals surface area contributed by atoms with Crippen LogP contribution in [0.5, 0.6) is 0 Å². The van der Waals surface area contributed by atoms with Crippen molar-refractivity contribution in [2.24, 2.45) is 0 Å². The Kier molecular flexibility index (Phi) is 3.87. The summed E-state index contributed by atoms with van der Waals surface area (Å²) in [5.74, 6) is 0.564. The second-order valence-corrected chi connectivity index (χ2v) is 5.32. The largest absolute Gasteiger partial charge is 0.340 e. The number of ketones is 1. The molecule has 0 fully saturated rings. The molecule has 2 aromatic rings. The van der Waals surface area contributed by atoms with Crippen LogP contribution in [0, 0.1) is 20.8 Å². The number of carbonyl (C=O) groups is 1. The summed E-state index contributed by atoms with van der Waals surface area (Å²) < 4.78 is 0. The predicted octanol–water partition coefficient (Wildman–Crippen LogP) is 3.31. The molecule has 18 heavy (non-hydrogen) atoms. The van der Waals surface area contributed by atoms with E-state index in [0.29, 0.717) is 5.75 Å². The molecule has 0 spiro atoms. The third-order valence-corrected chi connectivity index (χ3v) is 3.86. The minimum atomic E-state index is 0.150. The maximum absolute atomic E-state index is 12.2. The van der Waals surface area contributed by atoms with Crippen LogP contribution in [0.1, 0.15) is 27.0 Å². The summed E-state index contributed by atoms with van der Waals surface area (Å²) >= 11 is 1.43. The Morgan fingerprint density at radius 1 is 1.22 bits per heavy atom. The molecular weight excluding hydrogens is 244 g/mol. The fourth-order valence-corrected chi connectivity index (χ4v) is 2.51. The van der Waals surface area contributed by atoms with Crippen LogP contribution in [0.3, 0.4) is 0 Å². The number of nitrogens with zero attached hydrogens (tertiary/aromatic N) is 1. The van der Waals surface area contributed by atoms with Crippen LogP contribution in [-0.4, -0.2) is 21.5 Å². The predicted molar refractivity (Wildman–Crippen MR) is 74.3 cm³/mol. The van der Waals surface area contributed by atoms with Gasteiger partial charge in [-0.15, -0.1) is 0 Å². The van der Waals surface area contributed by atoms with Gasteiger partial charge in [0.25, 0.3) is 0 Å². The molecule has 0 unspecified atom stereocenters. The van der Waals surface area contributed by atoms with Gasteiger partial charge in [0.2, 0.25) is 0 Å². The number of benzene rings is 1. The molecule has 1 aromatic heterocycles. The zero-order valence-corrected chi connectivity index (χ0v) is 11.6. The van der Waals surface area contributed by atoms with Crippen molar-refractivity contribution in [3.8, 4) is 0 Å². The Balaban J connectivity index is 2.11. The molecule has 0 aliphatic rings. The maximum Gasteiger partial charge on any atom is 0.173 e. The number of hydrogen-bond donors (Lipinski definition) is 1. The van der Waals surface area contributed by atoms with Crippen LogP contribution in [0.4, 0.5) is 0 Å². The van der Waals surface area contributed by atoms with Crippen molar-refractivity contribution in [1.82, 2.24) is 9.97 Å². The van der Waals surface area contributed by atoms with E-state index in [2.05, 4.69) is 23.0 Å². The highest BCUT2D eigenvalue weighted by Crippen LogP contribution is 2.19. The summed E-state index contributed by atoms with van der Waals surface area (Å²) in [5, 5.41) is 0.782. The lowest BCUT2D eigenvalue weighted by molar-refractivity contribution is 0.102. The van der Waals surface area contributed by atoms with Crippen LogP contribution >= 0.6 is 11.8 Å². The first kappa shape index (κ1) is 12.9. The van der Waals surface area contributed by atoms with Crippen molar-refractivity contribution >= 4 is 17.5 Å². The third kappa shape index (κ3) is 2.82. The molecule has 1 heterocycles. The molecule has 0 bridgehead atoms. The molecule has 1 aromatic carbocycles. The first-order valence-corrected chi connectivity index (χ1v) is 6.79. The van der Waals surface area contributed by atoms with Crippen LogP contribution in [-0.2, 0) is 0 Å². The number of thioether (sulfide) groups is 1. The zero-order valence-electron chi connectivity index (χ0n) is 10.8. The van der Waals surface area contributed by atoms with Gasteiger partial charge < -0.3 is 4.98 Å². The fourth-order valence-electron chi connectivity index (χ4n) is 1.80. The van der Waals surface area contributed by atoms with E-state index in [1.54, 1.807) is 12.4 Å². The highest BCUT2D eigenvalue weighted by atomic mass is 32.2. The Bertz CT molecular complexity index is 561. The fraction of sp³-hybridized carbons (Fsp3) is 0.286. The molecule has 0 radical (unpaired) electrons. The third-order valence-electron chi connectivity index (χ3n) is 2.95. The Morgan fingerprint density at radius 2 is 1.94 bits per heavy atom. The van der Waals surface area contributed by atoms with E-state index in [0.717, 1.165) is 21.8 Å². The Labute approximate surface area is 111 Å². The number of hydrogen-bond acceptors (Lipinski definition) is 3. The number of carbonyl (C=O) groups excluding carboxylic acids is 1. The molecule has 0 aliphatic carbocycles. The second-order valence-electron chi connectivity index (χ2n) is 4.36. The van der Waals surface area contributed by atoms with E-state index in [1.807, 2.05) is 19.9 Å². The quantitative estimate of drug-likeness (QED) is 0.677. The second kappa shape index (κ2) is 5.40. The molecule has 94 valence electrons. The van der Waals surface area contributed by atoms with Crippen molar-refractivity contribution in [1.29, 1.82) is 0 Å². The van der Waals surface area contributed by atoms with Gasteiger partial charge >= 0.3 is 0 Å². The highest BCUT2D eigenvalue weighted by Gasteiger charge is 2.11. The zero-order chi connectivity index (χ0) is 13.1. The van der Waals surface area contributed by atoms with Crippen molar-refractivity contribution in [2.75, 3.05) is 5.75 Å². The van der Waals surface area contributed by atoms with Gasteiger partial charge in [-0.3, -0.25) is 4.79 Å². The average Bonchev–Trinajstić information content (AvgIpc) is 2.84. The maximum atomic E-state index is 12.2.